The van der Waals surface area contributed by atoms with Gasteiger partial charge in [0, 0.05) is 22.4 Å². The van der Waals surface area contributed by atoms with E-state index in [0.29, 0.717) is 22.7 Å². The number of aromatic nitrogens is 4. The van der Waals surface area contributed by atoms with Crippen LogP contribution in [-0.4, -0.2) is 58.7 Å². The number of rotatable bonds is 4. The van der Waals surface area contributed by atoms with E-state index in [1.807, 2.05) is 19.1 Å². The molecule has 0 radical (unpaired) electrons. The first-order valence-corrected chi connectivity index (χ1v) is 12.7. The summed E-state index contributed by atoms with van der Waals surface area (Å²) in [5.74, 6) is 0.962. The van der Waals surface area contributed by atoms with Crippen LogP contribution in [-0.2, 0) is 0 Å². The van der Waals surface area contributed by atoms with Crippen molar-refractivity contribution in [1.82, 2.24) is 20.2 Å². The summed E-state index contributed by atoms with van der Waals surface area (Å²) in [7, 11) is 0. The Morgan fingerprint density at radius 2 is 1.65 bits per heavy atom. The molecule has 6 rings (SSSR count). The zero-order valence-corrected chi connectivity index (χ0v) is 21.0. The molecule has 3 fully saturated rings. The van der Waals surface area contributed by atoms with Crippen LogP contribution < -0.4 is 9.80 Å². The molecule has 34 heavy (non-hydrogen) atoms. The second-order valence-corrected chi connectivity index (χ2v) is 10.9. The highest BCUT2D eigenvalue weighted by atomic mass is 127. The van der Waals surface area contributed by atoms with E-state index in [2.05, 4.69) is 53.7 Å². The van der Waals surface area contributed by atoms with E-state index in [4.69, 9.17) is 4.42 Å². The Bertz CT molecular complexity index is 1210. The smallest absolute Gasteiger partial charge is 0.266 e. The van der Waals surface area contributed by atoms with Crippen LogP contribution in [0.4, 0.5) is 20.4 Å². The Kier molecular flexibility index (Phi) is 5.45. The third-order valence-electron chi connectivity index (χ3n) is 7.26. The monoisotopic (exact) mass is 578 g/mol. The van der Waals surface area contributed by atoms with Gasteiger partial charge < -0.3 is 14.2 Å². The molecule has 1 aromatic carbocycles. The van der Waals surface area contributed by atoms with Gasteiger partial charge in [0.1, 0.15) is 5.69 Å². The van der Waals surface area contributed by atoms with Crippen molar-refractivity contribution < 1.29 is 13.2 Å². The molecule has 3 aromatic rings. The average molecular weight is 578 g/mol. The summed E-state index contributed by atoms with van der Waals surface area (Å²) in [6.07, 6.45) is 2.11. The minimum Gasteiger partial charge on any atom is -0.415 e. The van der Waals surface area contributed by atoms with E-state index in [9.17, 15) is 8.78 Å². The number of halogens is 3. The quantitative estimate of drug-likeness (QED) is 0.405. The first-order chi connectivity index (χ1) is 16.4. The predicted molar refractivity (Wildman–Crippen MR) is 133 cm³/mol. The Morgan fingerprint density at radius 3 is 2.35 bits per heavy atom. The van der Waals surface area contributed by atoms with Gasteiger partial charge in [0.25, 0.3) is 5.89 Å². The van der Waals surface area contributed by atoms with Gasteiger partial charge in [0.15, 0.2) is 12.3 Å². The number of anilines is 2. The number of hydrogen-bond donors (Lipinski definition) is 0. The summed E-state index contributed by atoms with van der Waals surface area (Å²) in [6.45, 7) is 3.74. The highest BCUT2D eigenvalue weighted by Gasteiger charge is 2.44. The van der Waals surface area contributed by atoms with Crippen molar-refractivity contribution in [3.05, 3.63) is 33.5 Å². The molecule has 1 saturated carbocycles. The molecule has 0 amide bonds. The van der Waals surface area contributed by atoms with Gasteiger partial charge in [-0.05, 0) is 84.9 Å². The average Bonchev–Trinajstić information content (AvgIpc) is 3.24. The molecule has 3 aliphatic rings. The molecule has 2 aliphatic heterocycles. The minimum absolute atomic E-state index is 0.0672. The van der Waals surface area contributed by atoms with Crippen LogP contribution in [0.1, 0.15) is 31.4 Å². The lowest BCUT2D eigenvalue weighted by atomic mass is 9.93. The topological polar surface area (TPSA) is 71.2 Å². The van der Waals surface area contributed by atoms with Crippen molar-refractivity contribution in [1.29, 1.82) is 0 Å². The molecule has 4 heterocycles. The molecule has 0 unspecified atom stereocenters. The SMILES string of the molecule is Cc1cc(-c2nnc(-c3ccc(I)cc3N3CCC4(CC3)CC4)o2)nc(N2C[C@@H](F)[C@@H](F)C2)n1. The number of nitrogens with zero attached hydrogens (tertiary/aromatic N) is 6. The number of aryl methyl sites for hydroxylation is 1. The van der Waals surface area contributed by atoms with Crippen LogP contribution in [0.25, 0.3) is 23.0 Å². The van der Waals surface area contributed by atoms with E-state index in [1.54, 1.807) is 6.07 Å². The van der Waals surface area contributed by atoms with Crippen LogP contribution in [0, 0.1) is 15.9 Å². The van der Waals surface area contributed by atoms with Gasteiger partial charge in [-0.15, -0.1) is 10.2 Å². The summed E-state index contributed by atoms with van der Waals surface area (Å²) in [4.78, 5) is 12.8. The molecule has 2 saturated heterocycles. The van der Waals surface area contributed by atoms with Crippen molar-refractivity contribution in [2.75, 3.05) is 36.0 Å². The summed E-state index contributed by atoms with van der Waals surface area (Å²) < 4.78 is 34.7. The largest absolute Gasteiger partial charge is 0.415 e. The van der Waals surface area contributed by atoms with E-state index in [1.165, 1.54) is 30.6 Å². The van der Waals surface area contributed by atoms with Crippen molar-refractivity contribution >= 4 is 34.2 Å². The zero-order valence-electron chi connectivity index (χ0n) is 18.8. The van der Waals surface area contributed by atoms with Crippen molar-refractivity contribution in [2.24, 2.45) is 5.41 Å². The summed E-state index contributed by atoms with van der Waals surface area (Å²) >= 11 is 2.33. The van der Waals surface area contributed by atoms with Crippen LogP contribution in [0.5, 0.6) is 0 Å². The molecule has 0 bridgehead atoms. The maximum atomic E-state index is 13.7. The molecule has 178 valence electrons. The van der Waals surface area contributed by atoms with Crippen molar-refractivity contribution in [2.45, 2.75) is 45.0 Å². The van der Waals surface area contributed by atoms with Gasteiger partial charge in [-0.2, -0.15) is 0 Å². The Hall–Kier alpha value is -2.37. The molecular formula is C24H25F2IN6O. The molecule has 1 aliphatic carbocycles. The van der Waals surface area contributed by atoms with E-state index >= 15 is 0 Å². The summed E-state index contributed by atoms with van der Waals surface area (Å²) in [6, 6.07) is 7.98. The van der Waals surface area contributed by atoms with E-state index in [0.717, 1.165) is 27.9 Å². The minimum atomic E-state index is -1.54. The summed E-state index contributed by atoms with van der Waals surface area (Å²) in [5.41, 5.74) is 3.71. The number of alkyl halides is 2. The standard InChI is InChI=1S/C24H25F2IN6O/c1-14-10-19(29-23(28-14)33-12-17(25)18(26)13-33)22-31-30-21(34-22)16-3-2-15(27)11-20(16)32-8-6-24(4-5-24)7-9-32/h2-3,10-11,17-18H,4-9,12-13H2,1H3/t17-,18+. The van der Waals surface area contributed by atoms with Gasteiger partial charge in [-0.25, -0.2) is 18.7 Å². The fourth-order valence-electron chi connectivity index (χ4n) is 4.97. The normalized spacial score (nSPS) is 23.6. The second kappa shape index (κ2) is 8.39. The van der Waals surface area contributed by atoms with Crippen LogP contribution in [0.2, 0.25) is 0 Å². The zero-order chi connectivity index (χ0) is 23.4. The fourth-order valence-corrected chi connectivity index (χ4v) is 5.45. The lowest BCUT2D eigenvalue weighted by Gasteiger charge is -2.34. The number of hydrogen-bond acceptors (Lipinski definition) is 7. The van der Waals surface area contributed by atoms with Crippen LogP contribution in [0.15, 0.2) is 28.7 Å². The van der Waals surface area contributed by atoms with Crippen molar-refractivity contribution in [3.8, 4) is 23.0 Å². The first kappa shape index (κ1) is 22.1. The molecule has 1 spiro atoms. The molecule has 2 aromatic heterocycles. The molecule has 10 heteroatoms. The van der Waals surface area contributed by atoms with Gasteiger partial charge in [0.05, 0.1) is 24.3 Å². The third-order valence-corrected chi connectivity index (χ3v) is 7.93. The second-order valence-electron chi connectivity index (χ2n) is 9.69. The maximum absolute atomic E-state index is 13.7. The van der Waals surface area contributed by atoms with E-state index in [-0.39, 0.29) is 24.9 Å². The Morgan fingerprint density at radius 1 is 0.941 bits per heavy atom. The van der Waals surface area contributed by atoms with Crippen molar-refractivity contribution in [3.63, 3.8) is 0 Å². The molecule has 0 N–H and O–H groups in total. The highest BCUT2D eigenvalue weighted by molar-refractivity contribution is 14.1. The van der Waals surface area contributed by atoms with E-state index < -0.39 is 12.3 Å². The third kappa shape index (κ3) is 4.14. The van der Waals surface area contributed by atoms with Gasteiger partial charge >= 0.3 is 0 Å². The molecule has 7 nitrogen and oxygen atoms in total. The van der Waals surface area contributed by atoms with Gasteiger partial charge in [-0.3, -0.25) is 0 Å². The molecular weight excluding hydrogens is 553 g/mol. The predicted octanol–water partition coefficient (Wildman–Crippen LogP) is 4.98. The molecule has 2 atom stereocenters. The van der Waals surface area contributed by atoms with Crippen LogP contribution in [0.3, 0.4) is 0 Å². The van der Waals surface area contributed by atoms with Crippen LogP contribution >= 0.6 is 22.6 Å². The maximum Gasteiger partial charge on any atom is 0.266 e. The number of piperidine rings is 1. The lowest BCUT2D eigenvalue weighted by molar-refractivity contribution is 0.217. The fraction of sp³-hybridized carbons (Fsp3) is 0.500. The Labute approximate surface area is 210 Å². The number of benzene rings is 1. The Balaban J connectivity index is 1.30. The highest BCUT2D eigenvalue weighted by Crippen LogP contribution is 2.54. The lowest BCUT2D eigenvalue weighted by Crippen LogP contribution is -2.34. The van der Waals surface area contributed by atoms with Gasteiger partial charge in [0.2, 0.25) is 11.8 Å². The first-order valence-electron chi connectivity index (χ1n) is 11.7. The van der Waals surface area contributed by atoms with Gasteiger partial charge in [-0.1, -0.05) is 0 Å². The summed E-state index contributed by atoms with van der Waals surface area (Å²) in [5, 5.41) is 8.58.